The number of benzene rings is 2. The largest absolute Gasteiger partial charge is 0.479 e. The highest BCUT2D eigenvalue weighted by atomic mass is 35.5. The summed E-state index contributed by atoms with van der Waals surface area (Å²) in [5, 5.41) is 3.34. The third-order valence-corrected chi connectivity index (χ3v) is 4.01. The Hall–Kier alpha value is -2.53. The van der Waals surface area contributed by atoms with Crippen molar-refractivity contribution in [2.75, 3.05) is 5.32 Å². The Morgan fingerprint density at radius 1 is 1.00 bits per heavy atom. The molecule has 0 radical (unpaired) electrons. The van der Waals surface area contributed by atoms with E-state index in [-0.39, 0.29) is 0 Å². The average Bonchev–Trinajstić information content (AvgIpc) is 2.59. The summed E-state index contributed by atoms with van der Waals surface area (Å²) in [5.74, 6) is -0.529. The summed E-state index contributed by atoms with van der Waals surface area (Å²) in [7, 11) is 0. The lowest BCUT2D eigenvalue weighted by atomic mass is 10.1. The molecule has 2 aromatic rings. The lowest BCUT2D eigenvalue weighted by Gasteiger charge is -2.18. The molecule has 2 aromatic carbocycles. The third-order valence-electron chi connectivity index (χ3n) is 3.76. The van der Waals surface area contributed by atoms with Crippen molar-refractivity contribution < 1.29 is 19.1 Å². The summed E-state index contributed by atoms with van der Waals surface area (Å²) in [4.78, 5) is 24.4. The number of nitrogens with one attached hydrogen (secondary N) is 1. The standard InChI is InChI=1S/C20H22ClNO4/c1-12-5-10-18(13(2)11-12)22-19(23)14(3)26-20(24)15(4)25-17-8-6-16(21)7-9-17/h5-11,14-15H,1-4H3,(H,22,23)/t14-,15-/m0/s1. The molecule has 5 nitrogen and oxygen atoms in total. The second-order valence-electron chi connectivity index (χ2n) is 6.10. The van der Waals surface area contributed by atoms with Gasteiger partial charge in [0, 0.05) is 10.7 Å². The summed E-state index contributed by atoms with van der Waals surface area (Å²) in [6, 6.07) is 12.3. The van der Waals surface area contributed by atoms with E-state index in [0.717, 1.165) is 11.1 Å². The van der Waals surface area contributed by atoms with E-state index >= 15 is 0 Å². The van der Waals surface area contributed by atoms with Gasteiger partial charge in [0.1, 0.15) is 5.75 Å². The maximum Gasteiger partial charge on any atom is 0.347 e. The topological polar surface area (TPSA) is 64.6 Å². The second kappa shape index (κ2) is 8.72. The number of esters is 1. The van der Waals surface area contributed by atoms with Crippen molar-refractivity contribution in [2.45, 2.75) is 39.9 Å². The van der Waals surface area contributed by atoms with Gasteiger partial charge in [0.15, 0.2) is 12.2 Å². The molecule has 0 aliphatic rings. The lowest BCUT2D eigenvalue weighted by Crippen LogP contribution is -2.35. The van der Waals surface area contributed by atoms with Crippen LogP contribution in [0.25, 0.3) is 0 Å². The number of hydrogen-bond acceptors (Lipinski definition) is 4. The van der Waals surface area contributed by atoms with Gasteiger partial charge in [-0.2, -0.15) is 0 Å². The molecule has 0 spiro atoms. The van der Waals surface area contributed by atoms with Gasteiger partial charge in [0.25, 0.3) is 5.91 Å². The fourth-order valence-electron chi connectivity index (χ4n) is 2.28. The fraction of sp³-hybridized carbons (Fsp3) is 0.300. The minimum atomic E-state index is -0.945. The van der Waals surface area contributed by atoms with Crippen molar-refractivity contribution in [2.24, 2.45) is 0 Å². The van der Waals surface area contributed by atoms with E-state index < -0.39 is 24.1 Å². The Morgan fingerprint density at radius 2 is 1.65 bits per heavy atom. The van der Waals surface area contributed by atoms with Gasteiger partial charge in [0.05, 0.1) is 0 Å². The predicted molar refractivity (Wildman–Crippen MR) is 102 cm³/mol. The van der Waals surface area contributed by atoms with Crippen LogP contribution >= 0.6 is 11.6 Å². The number of carbonyl (C=O) groups is 2. The molecule has 0 saturated heterocycles. The van der Waals surface area contributed by atoms with Crippen molar-refractivity contribution in [3.63, 3.8) is 0 Å². The summed E-state index contributed by atoms with van der Waals surface area (Å²) in [6.45, 7) is 6.96. The highest BCUT2D eigenvalue weighted by molar-refractivity contribution is 6.30. The molecule has 26 heavy (non-hydrogen) atoms. The average molecular weight is 376 g/mol. The molecule has 0 saturated carbocycles. The van der Waals surface area contributed by atoms with E-state index in [1.807, 2.05) is 32.0 Å². The molecule has 138 valence electrons. The van der Waals surface area contributed by atoms with Gasteiger partial charge in [-0.25, -0.2) is 4.79 Å². The summed E-state index contributed by atoms with van der Waals surface area (Å²) >= 11 is 5.81. The number of hydrogen-bond donors (Lipinski definition) is 1. The first kappa shape index (κ1) is 19.8. The number of ether oxygens (including phenoxy) is 2. The van der Waals surface area contributed by atoms with Crippen LogP contribution < -0.4 is 10.1 Å². The minimum absolute atomic E-state index is 0.399. The molecular formula is C20H22ClNO4. The van der Waals surface area contributed by atoms with E-state index in [9.17, 15) is 9.59 Å². The van der Waals surface area contributed by atoms with Crippen molar-refractivity contribution in [3.05, 3.63) is 58.6 Å². The molecule has 2 atom stereocenters. The summed E-state index contributed by atoms with van der Waals surface area (Å²) in [6.07, 6.45) is -1.80. The predicted octanol–water partition coefficient (Wildman–Crippen LogP) is 4.29. The molecule has 0 unspecified atom stereocenters. The number of amides is 1. The van der Waals surface area contributed by atoms with Crippen LogP contribution in [0.15, 0.2) is 42.5 Å². The van der Waals surface area contributed by atoms with Crippen molar-refractivity contribution >= 4 is 29.2 Å². The van der Waals surface area contributed by atoms with Crippen LogP contribution in [-0.4, -0.2) is 24.1 Å². The highest BCUT2D eigenvalue weighted by Crippen LogP contribution is 2.18. The van der Waals surface area contributed by atoms with E-state index in [4.69, 9.17) is 21.1 Å². The zero-order valence-electron chi connectivity index (χ0n) is 15.2. The first-order valence-electron chi connectivity index (χ1n) is 8.27. The molecule has 1 N–H and O–H groups in total. The first-order valence-corrected chi connectivity index (χ1v) is 8.65. The van der Waals surface area contributed by atoms with Gasteiger partial charge >= 0.3 is 5.97 Å². The van der Waals surface area contributed by atoms with Gasteiger partial charge in [-0.15, -0.1) is 0 Å². The van der Waals surface area contributed by atoms with Crippen LogP contribution in [0, 0.1) is 13.8 Å². The van der Waals surface area contributed by atoms with Crippen molar-refractivity contribution in [1.29, 1.82) is 0 Å². The maximum atomic E-state index is 12.3. The van der Waals surface area contributed by atoms with Gasteiger partial charge < -0.3 is 14.8 Å². The Bertz CT molecular complexity index is 789. The maximum absolute atomic E-state index is 12.3. The molecule has 0 aliphatic carbocycles. The Balaban J connectivity index is 1.90. The number of anilines is 1. The molecule has 0 aromatic heterocycles. The van der Waals surface area contributed by atoms with Crippen LogP contribution in [0.5, 0.6) is 5.75 Å². The monoisotopic (exact) mass is 375 g/mol. The normalized spacial score (nSPS) is 12.8. The molecular weight excluding hydrogens is 354 g/mol. The first-order chi connectivity index (χ1) is 12.3. The lowest BCUT2D eigenvalue weighted by molar-refractivity contribution is -0.159. The fourth-order valence-corrected chi connectivity index (χ4v) is 2.40. The second-order valence-corrected chi connectivity index (χ2v) is 6.54. The van der Waals surface area contributed by atoms with E-state index in [1.165, 1.54) is 6.92 Å². The smallest absolute Gasteiger partial charge is 0.347 e. The minimum Gasteiger partial charge on any atom is -0.479 e. The highest BCUT2D eigenvalue weighted by Gasteiger charge is 2.23. The van der Waals surface area contributed by atoms with Gasteiger partial charge in [-0.3, -0.25) is 4.79 Å². The quantitative estimate of drug-likeness (QED) is 0.765. The molecule has 0 fully saturated rings. The van der Waals surface area contributed by atoms with Crippen LogP contribution in [0.3, 0.4) is 0 Å². The van der Waals surface area contributed by atoms with Gasteiger partial charge in [-0.05, 0) is 63.6 Å². The van der Waals surface area contributed by atoms with E-state index in [0.29, 0.717) is 16.5 Å². The number of halogens is 1. The van der Waals surface area contributed by atoms with E-state index in [2.05, 4.69) is 5.32 Å². The molecule has 2 rings (SSSR count). The summed E-state index contributed by atoms with van der Waals surface area (Å²) in [5.41, 5.74) is 2.73. The van der Waals surface area contributed by atoms with Crippen LogP contribution in [-0.2, 0) is 14.3 Å². The third kappa shape index (κ3) is 5.49. The molecule has 1 amide bonds. The molecule has 6 heteroatoms. The Morgan fingerprint density at radius 3 is 2.27 bits per heavy atom. The number of aryl methyl sites for hydroxylation is 2. The summed E-state index contributed by atoms with van der Waals surface area (Å²) < 4.78 is 10.7. The Kier molecular flexibility index (Phi) is 6.64. The molecule has 0 heterocycles. The SMILES string of the molecule is Cc1ccc(NC(=O)[C@H](C)OC(=O)[C@H](C)Oc2ccc(Cl)cc2)c(C)c1. The number of rotatable bonds is 6. The molecule has 0 bridgehead atoms. The van der Waals surface area contributed by atoms with E-state index in [1.54, 1.807) is 31.2 Å². The molecule has 0 aliphatic heterocycles. The van der Waals surface area contributed by atoms with Gasteiger partial charge in [-0.1, -0.05) is 29.3 Å². The zero-order chi connectivity index (χ0) is 19.3. The Labute approximate surface area is 158 Å². The van der Waals surface area contributed by atoms with Crippen molar-refractivity contribution in [1.82, 2.24) is 0 Å². The van der Waals surface area contributed by atoms with Crippen LogP contribution in [0.4, 0.5) is 5.69 Å². The van der Waals surface area contributed by atoms with Crippen LogP contribution in [0.2, 0.25) is 5.02 Å². The van der Waals surface area contributed by atoms with Crippen molar-refractivity contribution in [3.8, 4) is 5.75 Å². The number of carbonyl (C=O) groups excluding carboxylic acids is 2. The van der Waals surface area contributed by atoms with Crippen LogP contribution in [0.1, 0.15) is 25.0 Å². The zero-order valence-corrected chi connectivity index (χ0v) is 16.0. The van der Waals surface area contributed by atoms with Gasteiger partial charge in [0.2, 0.25) is 0 Å².